The normalized spacial score (nSPS) is 9.47. The highest BCUT2D eigenvalue weighted by molar-refractivity contribution is 5.95. The van der Waals surface area contributed by atoms with Gasteiger partial charge in [-0.15, -0.1) is 0 Å². The first-order chi connectivity index (χ1) is 8.11. The number of ether oxygens (including phenoxy) is 1. The fraction of sp³-hybridized carbons (Fsp3) is 0.273. The van der Waals surface area contributed by atoms with Gasteiger partial charge in [-0.3, -0.25) is 10.1 Å². The molecule has 3 amide bonds. The highest BCUT2D eigenvalue weighted by Crippen LogP contribution is 2.15. The van der Waals surface area contributed by atoms with Crippen LogP contribution in [-0.4, -0.2) is 25.1 Å². The summed E-state index contributed by atoms with van der Waals surface area (Å²) in [4.78, 5) is 21.5. The molecule has 0 spiro atoms. The number of anilines is 1. The van der Waals surface area contributed by atoms with Gasteiger partial charge in [0.15, 0.2) is 0 Å². The van der Waals surface area contributed by atoms with Crippen LogP contribution in [0.5, 0.6) is 5.75 Å². The number of urea groups is 1. The molecule has 0 aliphatic carbocycles. The number of benzene rings is 1. The van der Waals surface area contributed by atoms with Crippen LogP contribution in [0.1, 0.15) is 6.92 Å². The Hall–Kier alpha value is -2.24. The average Bonchev–Trinajstić information content (AvgIpc) is 2.28. The van der Waals surface area contributed by atoms with Gasteiger partial charge in [0.1, 0.15) is 5.75 Å². The zero-order chi connectivity index (χ0) is 12.7. The highest BCUT2D eigenvalue weighted by atomic mass is 16.5. The fourth-order valence-corrected chi connectivity index (χ4v) is 1.20. The van der Waals surface area contributed by atoms with Crippen LogP contribution in [0.2, 0.25) is 0 Å². The van der Waals surface area contributed by atoms with Crippen LogP contribution in [0.25, 0.3) is 0 Å². The SMILES string of the molecule is CCOc1ccc(NCC(=O)NC(N)=O)cc1. The van der Waals surface area contributed by atoms with Gasteiger partial charge >= 0.3 is 6.03 Å². The summed E-state index contributed by atoms with van der Waals surface area (Å²) in [6, 6.07) is 6.28. The van der Waals surface area contributed by atoms with E-state index in [2.05, 4.69) is 5.32 Å². The molecule has 6 nitrogen and oxygen atoms in total. The van der Waals surface area contributed by atoms with Gasteiger partial charge in [0.25, 0.3) is 0 Å². The second-order valence-corrected chi connectivity index (χ2v) is 3.22. The summed E-state index contributed by atoms with van der Waals surface area (Å²) in [7, 11) is 0. The third kappa shape index (κ3) is 4.87. The Morgan fingerprint density at radius 3 is 2.47 bits per heavy atom. The molecule has 1 aromatic rings. The minimum Gasteiger partial charge on any atom is -0.494 e. The number of nitrogens with one attached hydrogen (secondary N) is 2. The van der Waals surface area contributed by atoms with Crippen LogP contribution in [0, 0.1) is 0 Å². The summed E-state index contributed by atoms with van der Waals surface area (Å²) in [6.07, 6.45) is 0. The Kier molecular flexibility index (Phi) is 4.80. The Morgan fingerprint density at radius 2 is 1.94 bits per heavy atom. The van der Waals surface area contributed by atoms with Gasteiger partial charge in [0.05, 0.1) is 13.2 Å². The molecule has 92 valence electrons. The lowest BCUT2D eigenvalue weighted by molar-refractivity contribution is -0.118. The van der Waals surface area contributed by atoms with Crippen molar-refractivity contribution in [2.75, 3.05) is 18.5 Å². The number of rotatable bonds is 5. The molecular weight excluding hydrogens is 222 g/mol. The van der Waals surface area contributed by atoms with E-state index in [1.807, 2.05) is 12.2 Å². The molecule has 4 N–H and O–H groups in total. The number of carbonyl (C=O) groups excluding carboxylic acids is 2. The minimum atomic E-state index is -0.858. The molecule has 0 fully saturated rings. The molecule has 0 bridgehead atoms. The van der Waals surface area contributed by atoms with Crippen molar-refractivity contribution in [2.24, 2.45) is 5.73 Å². The van der Waals surface area contributed by atoms with E-state index in [0.29, 0.717) is 6.61 Å². The number of imide groups is 1. The topological polar surface area (TPSA) is 93.4 Å². The third-order valence-corrected chi connectivity index (χ3v) is 1.88. The maximum Gasteiger partial charge on any atom is 0.318 e. The van der Waals surface area contributed by atoms with Gasteiger partial charge in [-0.1, -0.05) is 0 Å². The largest absolute Gasteiger partial charge is 0.494 e. The predicted molar refractivity (Wildman–Crippen MR) is 63.8 cm³/mol. The quantitative estimate of drug-likeness (QED) is 0.702. The molecule has 0 aliphatic heterocycles. The van der Waals surface area contributed by atoms with E-state index in [0.717, 1.165) is 11.4 Å². The van der Waals surface area contributed by atoms with E-state index < -0.39 is 11.9 Å². The van der Waals surface area contributed by atoms with Crippen molar-refractivity contribution in [1.29, 1.82) is 0 Å². The minimum absolute atomic E-state index is 0.0169. The van der Waals surface area contributed by atoms with Crippen molar-refractivity contribution in [1.82, 2.24) is 5.32 Å². The highest BCUT2D eigenvalue weighted by Gasteiger charge is 2.03. The second-order valence-electron chi connectivity index (χ2n) is 3.22. The number of hydrogen-bond donors (Lipinski definition) is 3. The van der Waals surface area contributed by atoms with E-state index in [1.165, 1.54) is 0 Å². The van der Waals surface area contributed by atoms with Crippen LogP contribution in [0.3, 0.4) is 0 Å². The number of amides is 3. The lowest BCUT2D eigenvalue weighted by Crippen LogP contribution is -2.38. The summed E-state index contributed by atoms with van der Waals surface area (Å²) >= 11 is 0. The maximum atomic E-state index is 11.1. The van der Waals surface area contributed by atoms with E-state index >= 15 is 0 Å². The molecular formula is C11H15N3O3. The first kappa shape index (κ1) is 12.8. The van der Waals surface area contributed by atoms with Crippen molar-refractivity contribution >= 4 is 17.6 Å². The van der Waals surface area contributed by atoms with E-state index in [9.17, 15) is 9.59 Å². The number of primary amides is 1. The lowest BCUT2D eigenvalue weighted by atomic mass is 10.3. The standard InChI is InChI=1S/C11H15N3O3/c1-2-17-9-5-3-8(4-6-9)13-7-10(15)14-11(12)16/h3-6,13H,2,7H2,1H3,(H3,12,14,15,16). The zero-order valence-corrected chi connectivity index (χ0v) is 9.53. The van der Waals surface area contributed by atoms with Crippen LogP contribution in [0.4, 0.5) is 10.5 Å². The van der Waals surface area contributed by atoms with Gasteiger partial charge in [-0.2, -0.15) is 0 Å². The molecule has 6 heteroatoms. The molecule has 0 aliphatic rings. The Balaban J connectivity index is 2.41. The first-order valence-electron chi connectivity index (χ1n) is 5.18. The van der Waals surface area contributed by atoms with Crippen molar-refractivity contribution in [2.45, 2.75) is 6.92 Å². The van der Waals surface area contributed by atoms with Crippen LogP contribution < -0.4 is 21.1 Å². The monoisotopic (exact) mass is 237 g/mol. The van der Waals surface area contributed by atoms with Crippen molar-refractivity contribution in [3.05, 3.63) is 24.3 Å². The molecule has 1 rings (SSSR count). The smallest absolute Gasteiger partial charge is 0.318 e. The third-order valence-electron chi connectivity index (χ3n) is 1.88. The molecule has 0 saturated heterocycles. The number of carbonyl (C=O) groups is 2. The molecule has 1 aromatic carbocycles. The van der Waals surface area contributed by atoms with Gasteiger partial charge in [0, 0.05) is 5.69 Å². The van der Waals surface area contributed by atoms with E-state index in [-0.39, 0.29) is 6.54 Å². The average molecular weight is 237 g/mol. The molecule has 0 heterocycles. The van der Waals surface area contributed by atoms with E-state index in [1.54, 1.807) is 24.3 Å². The summed E-state index contributed by atoms with van der Waals surface area (Å²) < 4.78 is 5.27. The van der Waals surface area contributed by atoms with Crippen molar-refractivity contribution in [3.63, 3.8) is 0 Å². The number of nitrogens with two attached hydrogens (primary N) is 1. The van der Waals surface area contributed by atoms with Crippen molar-refractivity contribution in [3.8, 4) is 5.75 Å². The fourth-order valence-electron chi connectivity index (χ4n) is 1.20. The summed E-state index contributed by atoms with van der Waals surface area (Å²) in [5.74, 6) is 0.283. The Labute approximate surface area is 99.1 Å². The summed E-state index contributed by atoms with van der Waals surface area (Å²) in [5.41, 5.74) is 5.56. The van der Waals surface area contributed by atoms with Crippen molar-refractivity contribution < 1.29 is 14.3 Å². The van der Waals surface area contributed by atoms with Gasteiger partial charge in [-0.25, -0.2) is 4.79 Å². The predicted octanol–water partition coefficient (Wildman–Crippen LogP) is 0.692. The van der Waals surface area contributed by atoms with Gasteiger partial charge in [-0.05, 0) is 31.2 Å². The molecule has 0 atom stereocenters. The number of hydrogen-bond acceptors (Lipinski definition) is 4. The molecule has 0 unspecified atom stereocenters. The summed E-state index contributed by atoms with van der Waals surface area (Å²) in [6.45, 7) is 2.49. The van der Waals surface area contributed by atoms with Crippen LogP contribution in [0.15, 0.2) is 24.3 Å². The summed E-state index contributed by atoms with van der Waals surface area (Å²) in [5, 5.41) is 4.80. The molecule has 17 heavy (non-hydrogen) atoms. The zero-order valence-electron chi connectivity index (χ0n) is 9.53. The van der Waals surface area contributed by atoms with Gasteiger partial charge < -0.3 is 15.8 Å². The molecule has 0 saturated carbocycles. The second kappa shape index (κ2) is 6.37. The van der Waals surface area contributed by atoms with Gasteiger partial charge in [0.2, 0.25) is 5.91 Å². The molecule has 0 radical (unpaired) electrons. The van der Waals surface area contributed by atoms with Crippen LogP contribution in [-0.2, 0) is 4.79 Å². The van der Waals surface area contributed by atoms with E-state index in [4.69, 9.17) is 10.5 Å². The molecule has 0 aromatic heterocycles. The lowest BCUT2D eigenvalue weighted by Gasteiger charge is -2.07. The Bertz CT molecular complexity index is 389. The first-order valence-corrected chi connectivity index (χ1v) is 5.18. The van der Waals surface area contributed by atoms with Crippen LogP contribution >= 0.6 is 0 Å². The maximum absolute atomic E-state index is 11.1. The Morgan fingerprint density at radius 1 is 1.29 bits per heavy atom.